The Bertz CT molecular complexity index is 380. The van der Waals surface area contributed by atoms with Crippen molar-refractivity contribution in [1.82, 2.24) is 0 Å². The van der Waals surface area contributed by atoms with Crippen LogP contribution in [0.25, 0.3) is 0 Å². The van der Waals surface area contributed by atoms with E-state index in [1.54, 1.807) is 12.0 Å². The SMILES string of the molecule is CCC1=CCC(CCc2ccc(OC)cc2)S1. The van der Waals surface area contributed by atoms with Crippen LogP contribution in [0, 0.1) is 0 Å². The summed E-state index contributed by atoms with van der Waals surface area (Å²) in [5, 5.41) is 0.798. The zero-order valence-corrected chi connectivity index (χ0v) is 11.4. The molecule has 1 aliphatic heterocycles. The fraction of sp³-hybridized carbons (Fsp3) is 0.467. The van der Waals surface area contributed by atoms with Crippen LogP contribution < -0.4 is 4.74 Å². The lowest BCUT2D eigenvalue weighted by Crippen LogP contribution is -1.99. The summed E-state index contributed by atoms with van der Waals surface area (Å²) in [5.74, 6) is 0.943. The molecule has 2 heteroatoms. The molecule has 1 aliphatic rings. The van der Waals surface area contributed by atoms with Gasteiger partial charge in [0.15, 0.2) is 0 Å². The topological polar surface area (TPSA) is 9.23 Å². The van der Waals surface area contributed by atoms with Crippen molar-refractivity contribution < 1.29 is 4.74 Å². The van der Waals surface area contributed by atoms with Crippen molar-refractivity contribution in [3.63, 3.8) is 0 Å². The standard InChI is InChI=1S/C15H20OS/c1-3-14-10-11-15(17-14)9-6-12-4-7-13(16-2)8-5-12/h4-5,7-8,10,15H,3,6,9,11H2,1-2H3. The van der Waals surface area contributed by atoms with Gasteiger partial charge >= 0.3 is 0 Å². The van der Waals surface area contributed by atoms with Gasteiger partial charge in [-0.25, -0.2) is 0 Å². The van der Waals surface area contributed by atoms with Gasteiger partial charge in [0.25, 0.3) is 0 Å². The smallest absolute Gasteiger partial charge is 0.118 e. The van der Waals surface area contributed by atoms with Gasteiger partial charge in [0.1, 0.15) is 5.75 Å². The maximum absolute atomic E-state index is 5.16. The van der Waals surface area contributed by atoms with Crippen molar-refractivity contribution in [2.75, 3.05) is 7.11 Å². The minimum absolute atomic E-state index is 0.798. The molecule has 1 unspecified atom stereocenters. The summed E-state index contributed by atoms with van der Waals surface area (Å²) in [6.45, 7) is 2.24. The molecule has 0 aliphatic carbocycles. The predicted molar refractivity (Wildman–Crippen MR) is 75.7 cm³/mol. The number of thioether (sulfide) groups is 1. The second kappa shape index (κ2) is 6.15. The zero-order valence-electron chi connectivity index (χ0n) is 10.6. The van der Waals surface area contributed by atoms with E-state index >= 15 is 0 Å². The number of allylic oxidation sites excluding steroid dienone is 2. The summed E-state index contributed by atoms with van der Waals surface area (Å²) in [6, 6.07) is 8.44. The van der Waals surface area contributed by atoms with E-state index in [4.69, 9.17) is 4.74 Å². The van der Waals surface area contributed by atoms with Crippen molar-refractivity contribution >= 4 is 11.8 Å². The Labute approximate surface area is 108 Å². The zero-order chi connectivity index (χ0) is 12.1. The van der Waals surface area contributed by atoms with E-state index < -0.39 is 0 Å². The second-order valence-corrected chi connectivity index (χ2v) is 5.81. The number of methoxy groups -OCH3 is 1. The van der Waals surface area contributed by atoms with E-state index in [2.05, 4.69) is 36.9 Å². The van der Waals surface area contributed by atoms with E-state index in [0.29, 0.717) is 0 Å². The molecule has 0 spiro atoms. The Morgan fingerprint density at radius 3 is 2.65 bits per heavy atom. The van der Waals surface area contributed by atoms with Crippen LogP contribution in [0.1, 0.15) is 31.7 Å². The van der Waals surface area contributed by atoms with Gasteiger partial charge in [-0.2, -0.15) is 0 Å². The lowest BCUT2D eigenvalue weighted by Gasteiger charge is -2.09. The third-order valence-corrected chi connectivity index (χ3v) is 4.71. The largest absolute Gasteiger partial charge is 0.497 e. The van der Waals surface area contributed by atoms with Crippen LogP contribution in [0.5, 0.6) is 5.75 Å². The van der Waals surface area contributed by atoms with Crippen molar-refractivity contribution in [3.05, 3.63) is 40.8 Å². The summed E-state index contributed by atoms with van der Waals surface area (Å²) < 4.78 is 5.16. The van der Waals surface area contributed by atoms with Gasteiger partial charge in [-0.1, -0.05) is 25.1 Å². The average molecular weight is 248 g/mol. The first kappa shape index (κ1) is 12.6. The number of aryl methyl sites for hydroxylation is 1. The van der Waals surface area contributed by atoms with Gasteiger partial charge < -0.3 is 4.74 Å². The summed E-state index contributed by atoms with van der Waals surface area (Å²) in [6.07, 6.45) is 7.31. The fourth-order valence-corrected chi connectivity index (χ4v) is 3.31. The van der Waals surface area contributed by atoms with Crippen molar-refractivity contribution in [1.29, 1.82) is 0 Å². The molecule has 0 radical (unpaired) electrons. The Kier molecular flexibility index (Phi) is 4.55. The van der Waals surface area contributed by atoms with Crippen LogP contribution in [0.4, 0.5) is 0 Å². The highest BCUT2D eigenvalue weighted by atomic mass is 32.2. The number of hydrogen-bond acceptors (Lipinski definition) is 2. The van der Waals surface area contributed by atoms with Crippen LogP contribution in [-0.4, -0.2) is 12.4 Å². The molecule has 1 heterocycles. The maximum atomic E-state index is 5.16. The lowest BCUT2D eigenvalue weighted by atomic mass is 10.1. The van der Waals surface area contributed by atoms with Crippen LogP contribution >= 0.6 is 11.8 Å². The summed E-state index contributed by atoms with van der Waals surface area (Å²) in [4.78, 5) is 1.57. The van der Waals surface area contributed by atoms with E-state index in [0.717, 1.165) is 11.0 Å². The maximum Gasteiger partial charge on any atom is 0.118 e. The molecule has 1 atom stereocenters. The Morgan fingerprint density at radius 1 is 1.29 bits per heavy atom. The highest BCUT2D eigenvalue weighted by Gasteiger charge is 2.16. The monoisotopic (exact) mass is 248 g/mol. The van der Waals surface area contributed by atoms with Gasteiger partial charge in [-0.3, -0.25) is 0 Å². The molecule has 0 amide bonds. The minimum Gasteiger partial charge on any atom is -0.497 e. The molecule has 1 aromatic rings. The van der Waals surface area contributed by atoms with Crippen LogP contribution in [0.2, 0.25) is 0 Å². The third kappa shape index (κ3) is 3.53. The van der Waals surface area contributed by atoms with Gasteiger partial charge in [-0.05, 0) is 48.3 Å². The van der Waals surface area contributed by atoms with E-state index in [1.165, 1.54) is 31.2 Å². The molecule has 1 nitrogen and oxygen atoms in total. The van der Waals surface area contributed by atoms with Crippen LogP contribution in [0.3, 0.4) is 0 Å². The highest BCUT2D eigenvalue weighted by molar-refractivity contribution is 8.03. The lowest BCUT2D eigenvalue weighted by molar-refractivity contribution is 0.414. The molecule has 17 heavy (non-hydrogen) atoms. The van der Waals surface area contributed by atoms with Crippen LogP contribution in [-0.2, 0) is 6.42 Å². The van der Waals surface area contributed by atoms with Gasteiger partial charge in [0.05, 0.1) is 7.11 Å². The summed E-state index contributed by atoms with van der Waals surface area (Å²) in [5.41, 5.74) is 1.41. The first-order valence-electron chi connectivity index (χ1n) is 6.30. The molecule has 92 valence electrons. The highest BCUT2D eigenvalue weighted by Crippen LogP contribution is 2.36. The molecule has 0 N–H and O–H groups in total. The molecule has 0 bridgehead atoms. The van der Waals surface area contributed by atoms with Gasteiger partial charge in [0.2, 0.25) is 0 Å². The van der Waals surface area contributed by atoms with E-state index in [9.17, 15) is 0 Å². The van der Waals surface area contributed by atoms with E-state index in [-0.39, 0.29) is 0 Å². The minimum atomic E-state index is 0.798. The third-order valence-electron chi connectivity index (χ3n) is 3.19. The van der Waals surface area contributed by atoms with Crippen molar-refractivity contribution in [3.8, 4) is 5.75 Å². The molecule has 2 rings (SSSR count). The van der Waals surface area contributed by atoms with Gasteiger partial charge in [0, 0.05) is 5.25 Å². The van der Waals surface area contributed by atoms with E-state index in [1.807, 2.05) is 12.1 Å². The number of hydrogen-bond donors (Lipinski definition) is 0. The Hall–Kier alpha value is -0.890. The summed E-state index contributed by atoms with van der Waals surface area (Å²) in [7, 11) is 1.71. The Balaban J connectivity index is 1.78. The molecule has 0 fully saturated rings. The number of rotatable bonds is 5. The second-order valence-electron chi connectivity index (χ2n) is 4.39. The molecule has 0 saturated carbocycles. The Morgan fingerprint density at radius 2 is 2.06 bits per heavy atom. The van der Waals surface area contributed by atoms with Crippen molar-refractivity contribution in [2.45, 2.75) is 37.9 Å². The van der Waals surface area contributed by atoms with Gasteiger partial charge in [-0.15, -0.1) is 11.8 Å². The molecule has 1 aromatic carbocycles. The fourth-order valence-electron chi connectivity index (χ4n) is 2.10. The molecule has 0 saturated heterocycles. The molecular formula is C15H20OS. The first-order valence-corrected chi connectivity index (χ1v) is 7.18. The first-order chi connectivity index (χ1) is 8.31. The average Bonchev–Trinajstić information content (AvgIpc) is 2.85. The van der Waals surface area contributed by atoms with Crippen molar-refractivity contribution in [2.24, 2.45) is 0 Å². The quantitative estimate of drug-likeness (QED) is 0.762. The predicted octanol–water partition coefficient (Wildman–Crippen LogP) is 4.43. The normalized spacial score (nSPS) is 19.2. The molecular weight excluding hydrogens is 228 g/mol. The van der Waals surface area contributed by atoms with Crippen LogP contribution in [0.15, 0.2) is 35.2 Å². The number of benzene rings is 1. The summed E-state index contributed by atoms with van der Waals surface area (Å²) >= 11 is 2.07. The molecule has 0 aromatic heterocycles. The number of ether oxygens (including phenoxy) is 1.